The van der Waals surface area contributed by atoms with Gasteiger partial charge in [-0.1, -0.05) is 0 Å². The molecule has 1 fully saturated rings. The molecule has 14 heavy (non-hydrogen) atoms. The van der Waals surface area contributed by atoms with Crippen LogP contribution < -0.4 is 11.3 Å². The first-order valence-electron chi connectivity index (χ1n) is 5.09. The average molecular weight is 193 g/mol. The number of aromatic nitrogens is 2. The summed E-state index contributed by atoms with van der Waals surface area (Å²) in [4.78, 5) is 11.4. The molecular formula is C10H15N3O. The van der Waals surface area contributed by atoms with Gasteiger partial charge in [-0.3, -0.25) is 4.79 Å². The molecule has 2 N–H and O–H groups in total. The van der Waals surface area contributed by atoms with E-state index in [1.54, 1.807) is 6.07 Å². The maximum absolute atomic E-state index is 11.4. The second-order valence-corrected chi connectivity index (χ2v) is 3.74. The lowest BCUT2D eigenvalue weighted by molar-refractivity contribution is 0.543. The number of rotatable bonds is 4. The van der Waals surface area contributed by atoms with Crippen molar-refractivity contribution < 1.29 is 0 Å². The molecule has 0 atom stereocenters. The minimum absolute atomic E-state index is 0.0251. The fraction of sp³-hybridized carbons (Fsp3) is 0.600. The molecule has 0 aliphatic heterocycles. The zero-order valence-electron chi connectivity index (χ0n) is 8.15. The highest BCUT2D eigenvalue weighted by atomic mass is 16.1. The first kappa shape index (κ1) is 9.40. The van der Waals surface area contributed by atoms with Gasteiger partial charge in [0.15, 0.2) is 0 Å². The Bertz CT molecular complexity index is 368. The van der Waals surface area contributed by atoms with E-state index in [2.05, 4.69) is 5.10 Å². The predicted octanol–water partition coefficient (Wildman–Crippen LogP) is 0.469. The Morgan fingerprint density at radius 1 is 1.50 bits per heavy atom. The summed E-state index contributed by atoms with van der Waals surface area (Å²) in [7, 11) is 0. The lowest BCUT2D eigenvalue weighted by atomic mass is 10.3. The van der Waals surface area contributed by atoms with Crippen LogP contribution in [0, 0.1) is 0 Å². The second kappa shape index (κ2) is 3.92. The third kappa shape index (κ3) is 2.01. The molecule has 0 saturated heterocycles. The molecule has 2 rings (SSSR count). The Morgan fingerprint density at radius 3 is 2.93 bits per heavy atom. The van der Waals surface area contributed by atoms with Crippen LogP contribution in [0.3, 0.4) is 0 Å². The van der Waals surface area contributed by atoms with Crippen molar-refractivity contribution in [3.63, 3.8) is 0 Å². The van der Waals surface area contributed by atoms with E-state index in [0.717, 1.165) is 12.1 Å². The Kier molecular flexibility index (Phi) is 2.63. The Morgan fingerprint density at radius 2 is 2.29 bits per heavy atom. The molecule has 0 unspecified atom stereocenters. The van der Waals surface area contributed by atoms with E-state index in [1.807, 2.05) is 6.07 Å². The van der Waals surface area contributed by atoms with Crippen molar-refractivity contribution >= 4 is 0 Å². The molecule has 1 aromatic heterocycles. The summed E-state index contributed by atoms with van der Waals surface area (Å²) < 4.78 is 1.53. The average Bonchev–Trinajstić information content (AvgIpc) is 3.00. The van der Waals surface area contributed by atoms with Gasteiger partial charge in [0.25, 0.3) is 5.56 Å². The molecular weight excluding hydrogens is 178 g/mol. The van der Waals surface area contributed by atoms with Gasteiger partial charge in [-0.25, -0.2) is 4.68 Å². The van der Waals surface area contributed by atoms with Crippen LogP contribution in [0.5, 0.6) is 0 Å². The molecule has 1 saturated carbocycles. The zero-order chi connectivity index (χ0) is 9.97. The molecule has 76 valence electrons. The van der Waals surface area contributed by atoms with Gasteiger partial charge < -0.3 is 5.73 Å². The quantitative estimate of drug-likeness (QED) is 0.756. The van der Waals surface area contributed by atoms with Gasteiger partial charge in [-0.05, 0) is 31.9 Å². The SMILES string of the molecule is NCCCn1nc(C2CC2)ccc1=O. The Labute approximate surface area is 82.7 Å². The summed E-state index contributed by atoms with van der Waals surface area (Å²) in [5.41, 5.74) is 6.43. The Hall–Kier alpha value is -1.16. The normalized spacial score (nSPS) is 15.8. The first-order chi connectivity index (χ1) is 6.81. The maximum Gasteiger partial charge on any atom is 0.266 e. The van der Waals surface area contributed by atoms with Gasteiger partial charge in [-0.2, -0.15) is 5.10 Å². The number of nitrogens with zero attached hydrogens (tertiary/aromatic N) is 2. The molecule has 1 aliphatic rings. The van der Waals surface area contributed by atoms with Crippen LogP contribution in [-0.4, -0.2) is 16.3 Å². The Balaban J connectivity index is 2.18. The summed E-state index contributed by atoms with van der Waals surface area (Å²) in [5, 5.41) is 4.32. The smallest absolute Gasteiger partial charge is 0.266 e. The van der Waals surface area contributed by atoms with E-state index in [9.17, 15) is 4.79 Å². The predicted molar refractivity (Wildman–Crippen MR) is 54.1 cm³/mol. The van der Waals surface area contributed by atoms with Gasteiger partial charge >= 0.3 is 0 Å². The zero-order valence-corrected chi connectivity index (χ0v) is 8.15. The summed E-state index contributed by atoms with van der Waals surface area (Å²) in [6.45, 7) is 1.23. The lowest BCUT2D eigenvalue weighted by Gasteiger charge is -2.04. The van der Waals surface area contributed by atoms with Gasteiger partial charge in [-0.15, -0.1) is 0 Å². The largest absolute Gasteiger partial charge is 0.330 e. The number of aryl methyl sites for hydroxylation is 1. The van der Waals surface area contributed by atoms with Gasteiger partial charge in [0.2, 0.25) is 0 Å². The number of hydrogen-bond acceptors (Lipinski definition) is 3. The van der Waals surface area contributed by atoms with E-state index in [1.165, 1.54) is 17.5 Å². The van der Waals surface area contributed by atoms with Gasteiger partial charge in [0.1, 0.15) is 0 Å². The summed E-state index contributed by atoms with van der Waals surface area (Å²) in [6, 6.07) is 3.45. The number of hydrogen-bond donors (Lipinski definition) is 1. The molecule has 4 nitrogen and oxygen atoms in total. The van der Waals surface area contributed by atoms with E-state index in [-0.39, 0.29) is 5.56 Å². The molecule has 0 spiro atoms. The van der Waals surface area contributed by atoms with E-state index >= 15 is 0 Å². The van der Waals surface area contributed by atoms with Crippen molar-refractivity contribution in [1.82, 2.24) is 9.78 Å². The molecule has 4 heteroatoms. The topological polar surface area (TPSA) is 60.9 Å². The third-order valence-electron chi connectivity index (χ3n) is 2.46. The van der Waals surface area contributed by atoms with E-state index < -0.39 is 0 Å². The fourth-order valence-electron chi connectivity index (χ4n) is 1.46. The lowest BCUT2D eigenvalue weighted by Crippen LogP contribution is -2.24. The molecule has 1 aromatic rings. The standard InChI is InChI=1S/C10H15N3O/c11-6-1-7-13-10(14)5-4-9(12-13)8-2-3-8/h4-5,8H,1-3,6-7,11H2. The highest BCUT2D eigenvalue weighted by molar-refractivity contribution is 5.12. The van der Waals surface area contributed by atoms with Crippen molar-refractivity contribution in [2.24, 2.45) is 5.73 Å². The third-order valence-corrected chi connectivity index (χ3v) is 2.46. The number of nitrogens with two attached hydrogens (primary N) is 1. The van der Waals surface area contributed by atoms with Crippen molar-refractivity contribution in [3.8, 4) is 0 Å². The maximum atomic E-state index is 11.4. The van der Waals surface area contributed by atoms with Crippen LogP contribution in [0.1, 0.15) is 30.9 Å². The van der Waals surface area contributed by atoms with E-state index in [0.29, 0.717) is 19.0 Å². The van der Waals surface area contributed by atoms with Gasteiger partial charge in [0, 0.05) is 18.5 Å². The van der Waals surface area contributed by atoms with Crippen molar-refractivity contribution in [2.45, 2.75) is 31.7 Å². The molecule has 1 aliphatic carbocycles. The summed E-state index contributed by atoms with van der Waals surface area (Å²) in [6.07, 6.45) is 3.23. The monoisotopic (exact) mass is 193 g/mol. The van der Waals surface area contributed by atoms with Crippen LogP contribution in [-0.2, 0) is 6.54 Å². The van der Waals surface area contributed by atoms with Crippen LogP contribution in [0.15, 0.2) is 16.9 Å². The summed E-state index contributed by atoms with van der Waals surface area (Å²) in [5.74, 6) is 0.597. The van der Waals surface area contributed by atoms with Gasteiger partial charge in [0.05, 0.1) is 5.69 Å². The molecule has 0 amide bonds. The van der Waals surface area contributed by atoms with Crippen LogP contribution in [0.4, 0.5) is 0 Å². The second-order valence-electron chi connectivity index (χ2n) is 3.74. The van der Waals surface area contributed by atoms with Crippen molar-refractivity contribution in [3.05, 3.63) is 28.2 Å². The minimum Gasteiger partial charge on any atom is -0.330 e. The van der Waals surface area contributed by atoms with Crippen LogP contribution in [0.25, 0.3) is 0 Å². The van der Waals surface area contributed by atoms with Crippen LogP contribution in [0.2, 0.25) is 0 Å². The fourth-order valence-corrected chi connectivity index (χ4v) is 1.46. The highest BCUT2D eigenvalue weighted by Gasteiger charge is 2.25. The molecule has 0 aromatic carbocycles. The molecule has 0 radical (unpaired) electrons. The van der Waals surface area contributed by atoms with Crippen molar-refractivity contribution in [1.29, 1.82) is 0 Å². The minimum atomic E-state index is -0.0251. The van der Waals surface area contributed by atoms with Crippen molar-refractivity contribution in [2.75, 3.05) is 6.54 Å². The first-order valence-corrected chi connectivity index (χ1v) is 5.09. The van der Waals surface area contributed by atoms with E-state index in [4.69, 9.17) is 5.73 Å². The summed E-state index contributed by atoms with van der Waals surface area (Å²) >= 11 is 0. The molecule has 0 bridgehead atoms. The highest BCUT2D eigenvalue weighted by Crippen LogP contribution is 2.38. The van der Waals surface area contributed by atoms with Crippen LogP contribution >= 0.6 is 0 Å². The molecule has 1 heterocycles.